The molecular weight excluding hydrogens is 370 g/mol. The standard InChI is InChI=1S/C21H29N5O3/c1-13(2)28-21(27)15-7-6-8-16(11-15)29-19-10-9-17(23-14(19)3)20-18(12-22-4)26(5)25-24-20/h9-10,13,15-16H,4,6-8,11-12H2,1-3,5H3/t15-,16-/m0/s1. The Balaban J connectivity index is 1.71. The third-order valence-electron chi connectivity index (χ3n) is 5.09. The summed E-state index contributed by atoms with van der Waals surface area (Å²) >= 11 is 0. The predicted molar refractivity (Wildman–Crippen MR) is 110 cm³/mol. The number of carbonyl (C=O) groups excluding carboxylic acids is 1. The van der Waals surface area contributed by atoms with E-state index in [2.05, 4.69) is 27.0 Å². The first kappa shape index (κ1) is 21.0. The minimum absolute atomic E-state index is 0.0168. The van der Waals surface area contributed by atoms with Gasteiger partial charge in [0.05, 0.1) is 41.8 Å². The van der Waals surface area contributed by atoms with Crippen molar-refractivity contribution in [1.29, 1.82) is 0 Å². The normalized spacial score (nSPS) is 19.2. The Morgan fingerprint density at radius 1 is 1.38 bits per heavy atom. The van der Waals surface area contributed by atoms with Crippen molar-refractivity contribution in [2.24, 2.45) is 18.0 Å². The van der Waals surface area contributed by atoms with E-state index in [0.717, 1.165) is 42.1 Å². The quantitative estimate of drug-likeness (QED) is 0.524. The molecule has 0 amide bonds. The minimum Gasteiger partial charge on any atom is -0.489 e. The lowest BCUT2D eigenvalue weighted by molar-refractivity contribution is -0.154. The van der Waals surface area contributed by atoms with Crippen LogP contribution in [0.2, 0.25) is 0 Å². The molecule has 2 aromatic heterocycles. The van der Waals surface area contributed by atoms with Gasteiger partial charge in [-0.2, -0.15) is 0 Å². The highest BCUT2D eigenvalue weighted by molar-refractivity contribution is 5.72. The van der Waals surface area contributed by atoms with Gasteiger partial charge < -0.3 is 9.47 Å². The fourth-order valence-electron chi connectivity index (χ4n) is 3.64. The number of hydrogen-bond acceptors (Lipinski definition) is 7. The van der Waals surface area contributed by atoms with E-state index in [0.29, 0.717) is 18.7 Å². The molecule has 156 valence electrons. The highest BCUT2D eigenvalue weighted by Crippen LogP contribution is 2.31. The topological polar surface area (TPSA) is 91.5 Å². The zero-order valence-electron chi connectivity index (χ0n) is 17.6. The molecule has 8 heteroatoms. The second-order valence-corrected chi connectivity index (χ2v) is 7.76. The average molecular weight is 399 g/mol. The number of esters is 1. The van der Waals surface area contributed by atoms with Crippen molar-refractivity contribution in [3.05, 3.63) is 23.5 Å². The first-order chi connectivity index (χ1) is 13.9. The molecule has 8 nitrogen and oxygen atoms in total. The number of aryl methyl sites for hydroxylation is 2. The van der Waals surface area contributed by atoms with E-state index in [1.54, 1.807) is 4.68 Å². The van der Waals surface area contributed by atoms with Gasteiger partial charge in [0.2, 0.25) is 0 Å². The van der Waals surface area contributed by atoms with Crippen LogP contribution in [-0.2, 0) is 23.1 Å². The number of hydrogen-bond donors (Lipinski definition) is 0. The van der Waals surface area contributed by atoms with E-state index in [4.69, 9.17) is 9.47 Å². The summed E-state index contributed by atoms with van der Waals surface area (Å²) < 4.78 is 13.3. The summed E-state index contributed by atoms with van der Waals surface area (Å²) in [5.41, 5.74) is 3.06. The van der Waals surface area contributed by atoms with Gasteiger partial charge in [0.15, 0.2) is 0 Å². The van der Waals surface area contributed by atoms with Crippen molar-refractivity contribution in [2.75, 3.05) is 0 Å². The van der Waals surface area contributed by atoms with Gasteiger partial charge >= 0.3 is 5.97 Å². The third kappa shape index (κ3) is 4.99. The number of pyridine rings is 1. The molecule has 0 unspecified atom stereocenters. The molecule has 2 aromatic rings. The smallest absolute Gasteiger partial charge is 0.309 e. The summed E-state index contributed by atoms with van der Waals surface area (Å²) in [6.45, 7) is 9.63. The van der Waals surface area contributed by atoms with E-state index in [1.807, 2.05) is 40.0 Å². The second-order valence-electron chi connectivity index (χ2n) is 7.76. The Labute approximate surface area is 171 Å². The molecule has 2 heterocycles. The lowest BCUT2D eigenvalue weighted by atomic mass is 9.87. The molecule has 0 saturated heterocycles. The van der Waals surface area contributed by atoms with Crippen LogP contribution in [0.15, 0.2) is 17.1 Å². The summed E-state index contributed by atoms with van der Waals surface area (Å²) in [5, 5.41) is 8.28. The predicted octanol–water partition coefficient (Wildman–Crippen LogP) is 3.28. The molecule has 0 radical (unpaired) electrons. The second kappa shape index (κ2) is 9.15. The molecular formula is C21H29N5O3. The first-order valence-corrected chi connectivity index (χ1v) is 10.0. The van der Waals surface area contributed by atoms with E-state index in [-0.39, 0.29) is 24.1 Å². The maximum Gasteiger partial charge on any atom is 0.309 e. The Hall–Kier alpha value is -2.77. The molecule has 0 aliphatic heterocycles. The summed E-state index contributed by atoms with van der Waals surface area (Å²) in [5.74, 6) is 0.505. The molecule has 1 saturated carbocycles. The van der Waals surface area contributed by atoms with Gasteiger partial charge in [0, 0.05) is 7.05 Å². The van der Waals surface area contributed by atoms with E-state index in [1.165, 1.54) is 0 Å². The molecule has 1 aliphatic carbocycles. The molecule has 0 spiro atoms. The van der Waals surface area contributed by atoms with E-state index in [9.17, 15) is 4.79 Å². The van der Waals surface area contributed by atoms with Crippen LogP contribution in [0.3, 0.4) is 0 Å². The molecule has 29 heavy (non-hydrogen) atoms. The van der Waals surface area contributed by atoms with Crippen LogP contribution in [0.5, 0.6) is 5.75 Å². The molecule has 1 aliphatic rings. The number of aliphatic imine (C=N–C) groups is 1. The van der Waals surface area contributed by atoms with Crippen LogP contribution < -0.4 is 4.74 Å². The van der Waals surface area contributed by atoms with Gasteiger partial charge in [0.25, 0.3) is 0 Å². The maximum atomic E-state index is 12.2. The molecule has 2 atom stereocenters. The number of nitrogens with zero attached hydrogens (tertiary/aromatic N) is 5. The Morgan fingerprint density at radius 3 is 2.86 bits per heavy atom. The van der Waals surface area contributed by atoms with Crippen molar-refractivity contribution < 1.29 is 14.3 Å². The van der Waals surface area contributed by atoms with Crippen molar-refractivity contribution >= 4 is 12.7 Å². The van der Waals surface area contributed by atoms with Crippen LogP contribution in [0.1, 0.15) is 50.9 Å². The van der Waals surface area contributed by atoms with Crippen molar-refractivity contribution in [1.82, 2.24) is 20.0 Å². The summed E-state index contributed by atoms with van der Waals surface area (Å²) in [6, 6.07) is 3.79. The van der Waals surface area contributed by atoms with Gasteiger partial charge in [-0.3, -0.25) is 9.79 Å². The van der Waals surface area contributed by atoms with Gasteiger partial charge in [-0.1, -0.05) is 5.21 Å². The van der Waals surface area contributed by atoms with Crippen LogP contribution in [0, 0.1) is 12.8 Å². The SMILES string of the molecule is C=NCc1c(-c2ccc(O[C@H]3CCC[C@H](C(=O)OC(C)C)C3)c(C)n2)nnn1C. The summed E-state index contributed by atoms with van der Waals surface area (Å²) in [6.07, 6.45) is 3.29. The number of rotatable bonds is 7. The monoisotopic (exact) mass is 399 g/mol. The zero-order chi connectivity index (χ0) is 21.0. The maximum absolute atomic E-state index is 12.2. The van der Waals surface area contributed by atoms with E-state index < -0.39 is 0 Å². The molecule has 0 aromatic carbocycles. The van der Waals surface area contributed by atoms with Crippen molar-refractivity contribution in [3.8, 4) is 17.1 Å². The minimum atomic E-state index is -0.121. The Bertz CT molecular complexity index is 877. The molecule has 1 fully saturated rings. The first-order valence-electron chi connectivity index (χ1n) is 10.0. The molecule has 3 rings (SSSR count). The molecule has 0 bridgehead atoms. The number of aromatic nitrogens is 4. The zero-order valence-corrected chi connectivity index (χ0v) is 17.6. The van der Waals surface area contributed by atoms with Gasteiger partial charge in [0.1, 0.15) is 11.4 Å². The average Bonchev–Trinajstić information content (AvgIpc) is 3.04. The van der Waals surface area contributed by atoms with Crippen LogP contribution in [0.4, 0.5) is 0 Å². The van der Waals surface area contributed by atoms with E-state index >= 15 is 0 Å². The lowest BCUT2D eigenvalue weighted by Gasteiger charge is -2.29. The van der Waals surface area contributed by atoms with Gasteiger partial charge in [-0.25, -0.2) is 9.67 Å². The number of ether oxygens (including phenoxy) is 2. The summed E-state index contributed by atoms with van der Waals surface area (Å²) in [7, 11) is 1.82. The fraction of sp³-hybridized carbons (Fsp3) is 0.571. The molecule has 0 N–H and O–H groups in total. The Kier molecular flexibility index (Phi) is 6.61. The van der Waals surface area contributed by atoms with Crippen molar-refractivity contribution in [2.45, 2.75) is 65.2 Å². The highest BCUT2D eigenvalue weighted by Gasteiger charge is 2.30. The summed E-state index contributed by atoms with van der Waals surface area (Å²) in [4.78, 5) is 20.8. The third-order valence-corrected chi connectivity index (χ3v) is 5.09. The van der Waals surface area contributed by atoms with Gasteiger partial charge in [-0.05, 0) is 65.3 Å². The lowest BCUT2D eigenvalue weighted by Crippen LogP contribution is -2.31. The van der Waals surface area contributed by atoms with Gasteiger partial charge in [-0.15, -0.1) is 5.10 Å². The van der Waals surface area contributed by atoms with Crippen LogP contribution in [-0.4, -0.2) is 44.9 Å². The largest absolute Gasteiger partial charge is 0.489 e. The van der Waals surface area contributed by atoms with Crippen LogP contribution in [0.25, 0.3) is 11.4 Å². The number of carbonyl (C=O) groups is 1. The van der Waals surface area contributed by atoms with Crippen LogP contribution >= 0.6 is 0 Å². The van der Waals surface area contributed by atoms with Crippen molar-refractivity contribution in [3.63, 3.8) is 0 Å². The Morgan fingerprint density at radius 2 is 2.17 bits per heavy atom. The highest BCUT2D eigenvalue weighted by atomic mass is 16.5. The fourth-order valence-corrected chi connectivity index (χ4v) is 3.64.